The van der Waals surface area contributed by atoms with E-state index in [-0.39, 0.29) is 5.91 Å². The first-order valence-corrected chi connectivity index (χ1v) is 9.21. The van der Waals surface area contributed by atoms with Gasteiger partial charge in [-0.1, -0.05) is 24.3 Å². The number of para-hydroxylation sites is 1. The van der Waals surface area contributed by atoms with Crippen LogP contribution in [-0.4, -0.2) is 27.4 Å². The highest BCUT2D eigenvalue weighted by atomic mass is 16.1. The summed E-state index contributed by atoms with van der Waals surface area (Å²) in [6.45, 7) is 1.22. The third-order valence-corrected chi connectivity index (χ3v) is 4.57. The van der Waals surface area contributed by atoms with Crippen molar-refractivity contribution in [2.75, 3.05) is 11.9 Å². The third kappa shape index (κ3) is 4.17. The van der Waals surface area contributed by atoms with Crippen LogP contribution < -0.4 is 10.6 Å². The van der Waals surface area contributed by atoms with Crippen LogP contribution >= 0.6 is 0 Å². The molecule has 0 spiro atoms. The van der Waals surface area contributed by atoms with Gasteiger partial charge < -0.3 is 15.6 Å². The average Bonchev–Trinajstić information content (AvgIpc) is 3.16. The van der Waals surface area contributed by atoms with Gasteiger partial charge in [-0.05, 0) is 41.8 Å². The lowest BCUT2D eigenvalue weighted by atomic mass is 10.1. The maximum atomic E-state index is 12.3. The molecule has 6 nitrogen and oxygen atoms in total. The monoisotopic (exact) mass is 371 g/mol. The number of hydrogen-bond donors (Lipinski definition) is 3. The lowest BCUT2D eigenvalue weighted by Gasteiger charge is -2.07. The Morgan fingerprint density at radius 2 is 1.96 bits per heavy atom. The van der Waals surface area contributed by atoms with Crippen molar-refractivity contribution >= 4 is 22.5 Å². The number of nitrogens with zero attached hydrogens (tertiary/aromatic N) is 2. The molecule has 140 valence electrons. The molecule has 4 rings (SSSR count). The van der Waals surface area contributed by atoms with Gasteiger partial charge in [0.15, 0.2) is 0 Å². The summed E-state index contributed by atoms with van der Waals surface area (Å²) in [4.78, 5) is 23.9. The van der Waals surface area contributed by atoms with Crippen molar-refractivity contribution in [2.24, 2.45) is 0 Å². The fourth-order valence-corrected chi connectivity index (χ4v) is 3.08. The number of carbonyl (C=O) groups is 1. The van der Waals surface area contributed by atoms with E-state index in [1.54, 1.807) is 18.5 Å². The van der Waals surface area contributed by atoms with E-state index in [9.17, 15) is 4.79 Å². The van der Waals surface area contributed by atoms with Gasteiger partial charge in [0.05, 0.1) is 11.9 Å². The SMILES string of the molecule is O=C(NCCc1c[nH]c2ccccc12)c1ccc(NCc2cccnc2)cn1. The predicted molar refractivity (Wildman–Crippen MR) is 110 cm³/mol. The minimum atomic E-state index is -0.168. The molecule has 28 heavy (non-hydrogen) atoms. The van der Waals surface area contributed by atoms with Crippen molar-refractivity contribution in [3.05, 3.63) is 90.1 Å². The molecule has 6 heteroatoms. The van der Waals surface area contributed by atoms with Crippen molar-refractivity contribution in [2.45, 2.75) is 13.0 Å². The first kappa shape index (κ1) is 17.7. The Bertz CT molecular complexity index is 1060. The van der Waals surface area contributed by atoms with E-state index in [0.717, 1.165) is 23.2 Å². The lowest BCUT2D eigenvalue weighted by molar-refractivity contribution is 0.0949. The number of aromatic amines is 1. The summed E-state index contributed by atoms with van der Waals surface area (Å²) in [5.41, 5.74) is 4.66. The molecular weight excluding hydrogens is 350 g/mol. The zero-order valence-corrected chi connectivity index (χ0v) is 15.4. The number of amides is 1. The maximum absolute atomic E-state index is 12.3. The molecule has 0 aliphatic carbocycles. The van der Waals surface area contributed by atoms with Crippen LogP contribution in [0.4, 0.5) is 5.69 Å². The second kappa shape index (κ2) is 8.35. The molecule has 3 N–H and O–H groups in total. The Morgan fingerprint density at radius 1 is 1.04 bits per heavy atom. The summed E-state index contributed by atoms with van der Waals surface area (Å²) in [6, 6.07) is 15.6. The quantitative estimate of drug-likeness (QED) is 0.464. The van der Waals surface area contributed by atoms with Crippen LogP contribution in [0.1, 0.15) is 21.6 Å². The van der Waals surface area contributed by atoms with Gasteiger partial charge in [0.1, 0.15) is 5.69 Å². The van der Waals surface area contributed by atoms with Gasteiger partial charge in [-0.15, -0.1) is 0 Å². The van der Waals surface area contributed by atoms with Gasteiger partial charge >= 0.3 is 0 Å². The smallest absolute Gasteiger partial charge is 0.269 e. The van der Waals surface area contributed by atoms with Crippen LogP contribution in [0.2, 0.25) is 0 Å². The predicted octanol–water partition coefficient (Wildman–Crippen LogP) is 3.54. The number of pyridine rings is 2. The van der Waals surface area contributed by atoms with Crippen LogP contribution in [0.15, 0.2) is 73.3 Å². The largest absolute Gasteiger partial charge is 0.380 e. The van der Waals surface area contributed by atoms with Gasteiger partial charge in [-0.3, -0.25) is 9.78 Å². The fraction of sp³-hybridized carbons (Fsp3) is 0.136. The molecule has 3 aromatic heterocycles. The van der Waals surface area contributed by atoms with Crippen molar-refractivity contribution in [3.63, 3.8) is 0 Å². The highest BCUT2D eigenvalue weighted by Gasteiger charge is 2.08. The number of rotatable bonds is 7. The van der Waals surface area contributed by atoms with E-state index in [2.05, 4.69) is 31.7 Å². The molecule has 0 aliphatic rings. The van der Waals surface area contributed by atoms with Crippen molar-refractivity contribution in [1.82, 2.24) is 20.3 Å². The molecule has 0 fully saturated rings. The van der Waals surface area contributed by atoms with Gasteiger partial charge in [0, 0.05) is 42.6 Å². The van der Waals surface area contributed by atoms with Crippen LogP contribution in [-0.2, 0) is 13.0 Å². The van der Waals surface area contributed by atoms with E-state index < -0.39 is 0 Å². The van der Waals surface area contributed by atoms with Gasteiger partial charge in [0.25, 0.3) is 5.91 Å². The zero-order valence-electron chi connectivity index (χ0n) is 15.4. The van der Waals surface area contributed by atoms with Crippen LogP contribution in [0.5, 0.6) is 0 Å². The summed E-state index contributed by atoms with van der Waals surface area (Å²) >= 11 is 0. The van der Waals surface area contributed by atoms with Gasteiger partial charge in [-0.25, -0.2) is 4.98 Å². The molecule has 0 saturated heterocycles. The van der Waals surface area contributed by atoms with Crippen molar-refractivity contribution < 1.29 is 4.79 Å². The Labute approximate surface area is 163 Å². The number of nitrogens with one attached hydrogen (secondary N) is 3. The molecule has 3 heterocycles. The third-order valence-electron chi connectivity index (χ3n) is 4.57. The maximum Gasteiger partial charge on any atom is 0.269 e. The minimum Gasteiger partial charge on any atom is -0.380 e. The molecule has 0 radical (unpaired) electrons. The van der Waals surface area contributed by atoms with Gasteiger partial charge in [0.2, 0.25) is 0 Å². The highest BCUT2D eigenvalue weighted by molar-refractivity contribution is 5.92. The molecule has 0 bridgehead atoms. The normalized spacial score (nSPS) is 10.7. The molecule has 0 saturated carbocycles. The Morgan fingerprint density at radius 3 is 2.79 bits per heavy atom. The first-order chi connectivity index (χ1) is 13.8. The van der Waals surface area contributed by atoms with Crippen molar-refractivity contribution in [3.8, 4) is 0 Å². The number of H-pyrrole nitrogens is 1. The topological polar surface area (TPSA) is 82.7 Å². The van der Waals surface area contributed by atoms with E-state index in [0.29, 0.717) is 18.8 Å². The second-order valence-electron chi connectivity index (χ2n) is 6.51. The van der Waals surface area contributed by atoms with Crippen LogP contribution in [0, 0.1) is 0 Å². The second-order valence-corrected chi connectivity index (χ2v) is 6.51. The molecule has 0 atom stereocenters. The Hall–Kier alpha value is -3.67. The summed E-state index contributed by atoms with van der Waals surface area (Å²) in [7, 11) is 0. The number of anilines is 1. The fourth-order valence-electron chi connectivity index (χ4n) is 3.08. The van der Waals surface area contributed by atoms with E-state index in [1.807, 2.05) is 48.8 Å². The molecule has 0 unspecified atom stereocenters. The highest BCUT2D eigenvalue weighted by Crippen LogP contribution is 2.17. The molecule has 1 aromatic carbocycles. The van der Waals surface area contributed by atoms with E-state index >= 15 is 0 Å². The summed E-state index contributed by atoms with van der Waals surface area (Å²) < 4.78 is 0. The summed E-state index contributed by atoms with van der Waals surface area (Å²) in [5.74, 6) is -0.168. The summed E-state index contributed by atoms with van der Waals surface area (Å²) in [6.07, 6.45) is 8.00. The van der Waals surface area contributed by atoms with E-state index in [4.69, 9.17) is 0 Å². The lowest BCUT2D eigenvalue weighted by Crippen LogP contribution is -2.26. The Balaban J connectivity index is 1.28. The van der Waals surface area contributed by atoms with E-state index in [1.165, 1.54) is 10.9 Å². The molecular formula is C22H21N5O. The molecule has 1 amide bonds. The van der Waals surface area contributed by atoms with Crippen LogP contribution in [0.25, 0.3) is 10.9 Å². The Kier molecular flexibility index (Phi) is 5.29. The van der Waals surface area contributed by atoms with Crippen molar-refractivity contribution in [1.29, 1.82) is 0 Å². The number of fused-ring (bicyclic) bond motifs is 1. The summed E-state index contributed by atoms with van der Waals surface area (Å²) in [5, 5.41) is 7.40. The zero-order chi connectivity index (χ0) is 19.2. The van der Waals surface area contributed by atoms with Crippen LogP contribution in [0.3, 0.4) is 0 Å². The number of carbonyl (C=O) groups excluding carboxylic acids is 1. The number of aromatic nitrogens is 3. The van der Waals surface area contributed by atoms with Gasteiger partial charge in [-0.2, -0.15) is 0 Å². The standard InChI is InChI=1S/C22H21N5O/c28-22(24-11-9-17-14-26-20-6-2-1-5-19(17)20)21-8-7-18(15-27-21)25-13-16-4-3-10-23-12-16/h1-8,10,12,14-15,25-26H,9,11,13H2,(H,24,28). The average molecular weight is 371 g/mol. The first-order valence-electron chi connectivity index (χ1n) is 9.21. The molecule has 4 aromatic rings. The number of hydrogen-bond acceptors (Lipinski definition) is 4. The number of benzene rings is 1. The minimum absolute atomic E-state index is 0.168. The molecule has 0 aliphatic heterocycles.